The lowest BCUT2D eigenvalue weighted by atomic mass is 9.96. The van der Waals surface area contributed by atoms with E-state index in [9.17, 15) is 19.2 Å². The number of hydrogen-bond donors (Lipinski definition) is 6. The average Bonchev–Trinajstić information content (AvgIpc) is 3.21. The van der Waals surface area contributed by atoms with Crippen molar-refractivity contribution in [3.05, 3.63) is 77.4 Å². The van der Waals surface area contributed by atoms with Crippen molar-refractivity contribution < 1.29 is 23.9 Å². The molecule has 7 N–H and O–H groups in total. The number of para-hydroxylation sites is 1. The molecule has 0 saturated carbocycles. The number of nitrogens with zero attached hydrogens (tertiary/aromatic N) is 5. The molecule has 2 saturated heterocycles. The van der Waals surface area contributed by atoms with Gasteiger partial charge in [-0.3, -0.25) is 39.8 Å². The van der Waals surface area contributed by atoms with E-state index in [-0.39, 0.29) is 80.9 Å². The number of nitrogens with one attached hydrogen (secondary N) is 5. The van der Waals surface area contributed by atoms with E-state index in [0.717, 1.165) is 70.8 Å². The van der Waals surface area contributed by atoms with Gasteiger partial charge in [-0.2, -0.15) is 5.11 Å². The van der Waals surface area contributed by atoms with Crippen molar-refractivity contribution in [2.45, 2.75) is 44.7 Å². The van der Waals surface area contributed by atoms with Crippen LogP contribution in [0.2, 0.25) is 0 Å². The van der Waals surface area contributed by atoms with Gasteiger partial charge in [-0.15, -0.1) is 0 Å². The van der Waals surface area contributed by atoms with E-state index in [2.05, 4.69) is 36.4 Å². The fourth-order valence-electron chi connectivity index (χ4n) is 7.22. The largest absolute Gasteiger partial charge is 0.396 e. The first-order valence-corrected chi connectivity index (χ1v) is 19.6. The number of likely N-dealkylation sites (tertiary alicyclic amines) is 1. The topological polar surface area (TPSA) is 201 Å². The molecule has 16 nitrogen and oxygen atoms in total. The Labute approximate surface area is 329 Å². The summed E-state index contributed by atoms with van der Waals surface area (Å²) >= 11 is 0. The van der Waals surface area contributed by atoms with Crippen molar-refractivity contribution in [1.29, 1.82) is 5.53 Å². The van der Waals surface area contributed by atoms with Gasteiger partial charge in [0.25, 0.3) is 0 Å². The molecular formula is C40H57N11O5. The third kappa shape index (κ3) is 12.2. The van der Waals surface area contributed by atoms with Crippen LogP contribution >= 0.6 is 0 Å². The highest BCUT2D eigenvalue weighted by Crippen LogP contribution is 2.36. The number of rotatable bonds is 18. The maximum absolute atomic E-state index is 13.5. The van der Waals surface area contributed by atoms with E-state index >= 15 is 0 Å². The maximum atomic E-state index is 13.5. The Hall–Kier alpha value is -5.00. The van der Waals surface area contributed by atoms with Crippen molar-refractivity contribution >= 4 is 40.7 Å². The number of amides is 4. The van der Waals surface area contributed by atoms with Gasteiger partial charge in [-0.1, -0.05) is 48.5 Å². The minimum absolute atomic E-state index is 0.00260. The number of anilines is 1. The zero-order chi connectivity index (χ0) is 39.7. The zero-order valence-electron chi connectivity index (χ0n) is 32.4. The molecule has 302 valence electrons. The van der Waals surface area contributed by atoms with E-state index < -0.39 is 0 Å². The molecule has 56 heavy (non-hydrogen) atoms. The van der Waals surface area contributed by atoms with Gasteiger partial charge in [-0.05, 0) is 31.5 Å². The number of piperazine rings is 1. The number of piperidine rings is 1. The number of fused-ring (bicyclic) bond motifs is 2. The first-order chi connectivity index (χ1) is 27.3. The Morgan fingerprint density at radius 1 is 0.893 bits per heavy atom. The predicted octanol–water partition coefficient (Wildman–Crippen LogP) is 1.66. The van der Waals surface area contributed by atoms with Crippen LogP contribution in [0.5, 0.6) is 0 Å². The zero-order valence-corrected chi connectivity index (χ0v) is 32.4. The second-order valence-electron chi connectivity index (χ2n) is 14.2. The molecule has 0 spiro atoms. The van der Waals surface area contributed by atoms with Gasteiger partial charge in [-0.25, -0.2) is 5.53 Å². The third-order valence-electron chi connectivity index (χ3n) is 10.3. The SMILES string of the molecule is CNN[C@@H]1CCCN(C(=O)/C=C/CN2CCN(CCNC(=O)CCOCCNC(=O)CCC(=O)N3Cc4ccccc4/C(N)=C(/N=N)c4ccccc43)CC2)C1. The van der Waals surface area contributed by atoms with Crippen LogP contribution in [0.25, 0.3) is 11.4 Å². The minimum atomic E-state index is -0.275. The molecule has 0 unspecified atom stereocenters. The lowest BCUT2D eigenvalue weighted by Gasteiger charge is -2.34. The lowest BCUT2D eigenvalue weighted by Crippen LogP contribution is -2.50. The number of hydrazine groups is 1. The highest BCUT2D eigenvalue weighted by molar-refractivity contribution is 6.02. The Kier molecular flexibility index (Phi) is 16.5. The molecule has 2 aromatic rings. The Morgan fingerprint density at radius 2 is 1.61 bits per heavy atom. The van der Waals surface area contributed by atoms with Crippen LogP contribution < -0.4 is 32.1 Å². The molecule has 3 aliphatic rings. The molecule has 0 aliphatic carbocycles. The number of ether oxygens (including phenoxy) is 1. The van der Waals surface area contributed by atoms with E-state index in [4.69, 9.17) is 16.0 Å². The van der Waals surface area contributed by atoms with Gasteiger partial charge < -0.3 is 30.9 Å². The number of nitrogens with two attached hydrogens (primary N) is 1. The molecule has 0 radical (unpaired) electrons. The molecule has 5 rings (SSSR count). The Morgan fingerprint density at radius 3 is 2.39 bits per heavy atom. The van der Waals surface area contributed by atoms with Crippen LogP contribution in [0.15, 0.2) is 65.8 Å². The molecule has 3 heterocycles. The van der Waals surface area contributed by atoms with Crippen molar-refractivity contribution in [3.63, 3.8) is 0 Å². The minimum Gasteiger partial charge on any atom is -0.396 e. The van der Waals surface area contributed by atoms with Gasteiger partial charge in [0.15, 0.2) is 0 Å². The fraction of sp³-hybridized carbons (Fsp3) is 0.500. The summed E-state index contributed by atoms with van der Waals surface area (Å²) in [6, 6.07) is 14.9. The van der Waals surface area contributed by atoms with Gasteiger partial charge >= 0.3 is 0 Å². The monoisotopic (exact) mass is 771 g/mol. The number of hydrogen-bond acceptors (Lipinski definition) is 12. The molecule has 0 aromatic heterocycles. The standard InChI is InChI=1S/C40H57N11O5/c1-43-47-31-9-6-20-50(29-31)37(54)13-7-19-48-22-24-49(25-23-48)21-17-44-36(53)16-26-56-27-18-45-35(52)14-15-38(55)51-28-30-8-2-3-10-32(30)39(41)40(46-42)33-11-4-5-12-34(33)51/h2-5,7-8,10-13,31,42-43,47H,6,9,14-29,41H2,1H3,(H,44,53)(H,45,52)/b13-7+,40-39-,46-42?/t31-/m1/s1. The Bertz CT molecular complexity index is 1720. The molecule has 2 fully saturated rings. The number of carbonyl (C=O) groups is 4. The summed E-state index contributed by atoms with van der Waals surface area (Å²) in [7, 11) is 1.85. The first kappa shape index (κ1) is 42.1. The normalized spacial score (nSPS) is 19.1. The second kappa shape index (κ2) is 21.9. The summed E-state index contributed by atoms with van der Waals surface area (Å²) in [5.74, 6) is -0.526. The molecule has 0 bridgehead atoms. The summed E-state index contributed by atoms with van der Waals surface area (Å²) in [6.45, 7) is 8.23. The van der Waals surface area contributed by atoms with Crippen LogP contribution in [0, 0.1) is 5.53 Å². The van der Waals surface area contributed by atoms with Crippen LogP contribution in [-0.2, 0) is 30.5 Å². The highest BCUT2D eigenvalue weighted by atomic mass is 16.5. The van der Waals surface area contributed by atoms with Crippen molar-refractivity contribution in [3.8, 4) is 0 Å². The summed E-state index contributed by atoms with van der Waals surface area (Å²) in [6.07, 6.45) is 5.94. The lowest BCUT2D eigenvalue weighted by molar-refractivity contribution is -0.127. The van der Waals surface area contributed by atoms with Crippen molar-refractivity contribution in [2.75, 3.05) is 90.6 Å². The smallest absolute Gasteiger partial charge is 0.246 e. The number of benzene rings is 2. The van der Waals surface area contributed by atoms with Crippen molar-refractivity contribution in [2.24, 2.45) is 10.8 Å². The van der Waals surface area contributed by atoms with Gasteiger partial charge in [0, 0.05) is 108 Å². The molecule has 1 atom stereocenters. The average molecular weight is 772 g/mol. The summed E-state index contributed by atoms with van der Waals surface area (Å²) < 4.78 is 5.57. The molecule has 4 amide bonds. The third-order valence-corrected chi connectivity index (χ3v) is 10.3. The maximum Gasteiger partial charge on any atom is 0.246 e. The highest BCUT2D eigenvalue weighted by Gasteiger charge is 2.27. The van der Waals surface area contributed by atoms with Gasteiger partial charge in [0.2, 0.25) is 23.6 Å². The van der Waals surface area contributed by atoms with E-state index in [0.29, 0.717) is 29.1 Å². The second-order valence-corrected chi connectivity index (χ2v) is 14.2. The predicted molar refractivity (Wildman–Crippen MR) is 215 cm³/mol. The van der Waals surface area contributed by atoms with Crippen LogP contribution in [0.3, 0.4) is 0 Å². The molecule has 16 heteroatoms. The summed E-state index contributed by atoms with van der Waals surface area (Å²) in [4.78, 5) is 59.3. The quantitative estimate of drug-likeness (QED) is 0.0561. The molecule has 3 aliphatic heterocycles. The molecule has 2 aromatic carbocycles. The number of carbonyl (C=O) groups excluding carboxylic acids is 4. The van der Waals surface area contributed by atoms with E-state index in [1.165, 1.54) is 0 Å². The van der Waals surface area contributed by atoms with Crippen molar-refractivity contribution in [1.82, 2.24) is 36.2 Å². The fourth-order valence-corrected chi connectivity index (χ4v) is 7.22. The van der Waals surface area contributed by atoms with Gasteiger partial charge in [0.1, 0.15) is 5.70 Å². The summed E-state index contributed by atoms with van der Waals surface area (Å²) in [5.41, 5.74) is 23.8. The van der Waals surface area contributed by atoms with Crippen LogP contribution in [0.1, 0.15) is 48.8 Å². The summed E-state index contributed by atoms with van der Waals surface area (Å²) in [5, 5.41) is 9.45. The van der Waals surface area contributed by atoms with Crippen LogP contribution in [-0.4, -0.2) is 130 Å². The first-order valence-electron chi connectivity index (χ1n) is 19.6. The van der Waals surface area contributed by atoms with E-state index in [1.807, 2.05) is 54.4 Å². The van der Waals surface area contributed by atoms with Gasteiger partial charge in [0.05, 0.1) is 31.1 Å². The van der Waals surface area contributed by atoms with E-state index in [1.54, 1.807) is 23.1 Å². The molecular weight excluding hydrogens is 715 g/mol. The Balaban J connectivity index is 0.909. The van der Waals surface area contributed by atoms with Crippen LogP contribution in [0.4, 0.5) is 5.69 Å².